The highest BCUT2D eigenvalue weighted by atomic mass is 16.7. The number of fused-ring (bicyclic) bond motifs is 2. The molecule has 1 saturated heterocycles. The first-order chi connectivity index (χ1) is 12.0. The van der Waals surface area contributed by atoms with E-state index in [2.05, 4.69) is 30.5 Å². The lowest BCUT2D eigenvalue weighted by atomic mass is 9.84. The molecule has 136 valence electrons. The largest absolute Gasteiger partial charge is 0.454 e. The van der Waals surface area contributed by atoms with Gasteiger partial charge in [0, 0.05) is 18.0 Å². The predicted octanol–water partition coefficient (Wildman–Crippen LogP) is 2.73. The molecule has 0 bridgehead atoms. The molecule has 5 nitrogen and oxygen atoms in total. The zero-order chi connectivity index (χ0) is 17.4. The summed E-state index contributed by atoms with van der Waals surface area (Å²) in [5, 5.41) is 6.72. The molecule has 0 aromatic heterocycles. The second-order valence-electron chi connectivity index (χ2n) is 8.28. The van der Waals surface area contributed by atoms with Crippen LogP contribution in [0, 0.1) is 5.92 Å². The molecule has 1 amide bonds. The quantitative estimate of drug-likeness (QED) is 0.882. The number of hydrogen-bond donors (Lipinski definition) is 2. The van der Waals surface area contributed by atoms with Crippen molar-refractivity contribution in [1.29, 1.82) is 0 Å². The van der Waals surface area contributed by atoms with Crippen LogP contribution in [0.5, 0.6) is 11.5 Å². The average Bonchev–Trinajstić information content (AvgIpc) is 3.25. The lowest BCUT2D eigenvalue weighted by Gasteiger charge is -2.27. The molecule has 5 heteroatoms. The number of nitrogens with one attached hydrogen (secondary N) is 2. The fraction of sp³-hybridized carbons (Fsp3) is 0.650. The first kappa shape index (κ1) is 16.7. The van der Waals surface area contributed by atoms with E-state index in [9.17, 15) is 4.79 Å². The summed E-state index contributed by atoms with van der Waals surface area (Å²) >= 11 is 0. The Hall–Kier alpha value is -1.75. The van der Waals surface area contributed by atoms with Gasteiger partial charge in [0.25, 0.3) is 0 Å². The van der Waals surface area contributed by atoms with E-state index in [1.807, 2.05) is 12.1 Å². The van der Waals surface area contributed by atoms with Crippen molar-refractivity contribution in [2.24, 2.45) is 5.92 Å². The van der Waals surface area contributed by atoms with Gasteiger partial charge in [-0.05, 0) is 42.9 Å². The predicted molar refractivity (Wildman–Crippen MR) is 95.9 cm³/mol. The van der Waals surface area contributed by atoms with Crippen molar-refractivity contribution in [3.63, 3.8) is 0 Å². The van der Waals surface area contributed by atoms with Crippen LogP contribution in [-0.4, -0.2) is 31.3 Å². The van der Waals surface area contributed by atoms with Gasteiger partial charge < -0.3 is 20.1 Å². The standard InChI is InChI=1S/C20H28N2O3/c1-20(2,14-7-8-17-18(10-14)25-12-24-17)11-21-19(23)16-9-13-5-3-4-6-15(13)22-16/h7-8,10,13,15-16,22H,3-6,9,11-12H2,1-2H3,(H,21,23). The summed E-state index contributed by atoms with van der Waals surface area (Å²) in [6, 6.07) is 6.55. The molecule has 1 aromatic carbocycles. The SMILES string of the molecule is CC(C)(CNC(=O)C1CC2CCCCC2N1)c1ccc2c(c1)OCO2. The molecule has 1 aliphatic carbocycles. The van der Waals surface area contributed by atoms with E-state index >= 15 is 0 Å². The number of hydrogen-bond acceptors (Lipinski definition) is 4. The lowest BCUT2D eigenvalue weighted by molar-refractivity contribution is -0.123. The van der Waals surface area contributed by atoms with Crippen molar-refractivity contribution >= 4 is 5.91 Å². The highest BCUT2D eigenvalue weighted by Crippen LogP contribution is 2.36. The molecule has 2 heterocycles. The molecule has 1 saturated carbocycles. The molecule has 2 aliphatic heterocycles. The first-order valence-electron chi connectivity index (χ1n) is 9.47. The summed E-state index contributed by atoms with van der Waals surface area (Å²) in [4.78, 5) is 12.6. The van der Waals surface area contributed by atoms with Crippen molar-refractivity contribution in [2.45, 2.75) is 63.5 Å². The van der Waals surface area contributed by atoms with Crippen molar-refractivity contribution in [1.82, 2.24) is 10.6 Å². The Labute approximate surface area is 149 Å². The molecule has 3 atom stereocenters. The third kappa shape index (κ3) is 3.34. The third-order valence-electron chi connectivity index (χ3n) is 6.04. The molecule has 25 heavy (non-hydrogen) atoms. The van der Waals surface area contributed by atoms with Crippen LogP contribution in [0.1, 0.15) is 51.5 Å². The Morgan fingerprint density at radius 2 is 2.04 bits per heavy atom. The van der Waals surface area contributed by atoms with E-state index in [-0.39, 0.29) is 24.2 Å². The van der Waals surface area contributed by atoms with Crippen molar-refractivity contribution < 1.29 is 14.3 Å². The fourth-order valence-corrected chi connectivity index (χ4v) is 4.37. The Morgan fingerprint density at radius 3 is 2.88 bits per heavy atom. The van der Waals surface area contributed by atoms with E-state index in [0.717, 1.165) is 23.5 Å². The van der Waals surface area contributed by atoms with E-state index in [4.69, 9.17) is 9.47 Å². The monoisotopic (exact) mass is 344 g/mol. The minimum Gasteiger partial charge on any atom is -0.454 e. The Bertz CT molecular complexity index is 644. The summed E-state index contributed by atoms with van der Waals surface area (Å²) in [5.41, 5.74) is 0.979. The number of ether oxygens (including phenoxy) is 2. The summed E-state index contributed by atoms with van der Waals surface area (Å²) in [6.07, 6.45) is 6.08. The van der Waals surface area contributed by atoms with Gasteiger partial charge in [-0.25, -0.2) is 0 Å². The second kappa shape index (κ2) is 6.52. The highest BCUT2D eigenvalue weighted by molar-refractivity contribution is 5.82. The van der Waals surface area contributed by atoms with Gasteiger partial charge in [-0.15, -0.1) is 0 Å². The van der Waals surface area contributed by atoms with Crippen LogP contribution in [0.3, 0.4) is 0 Å². The minimum absolute atomic E-state index is 0.0272. The highest BCUT2D eigenvalue weighted by Gasteiger charge is 2.38. The van der Waals surface area contributed by atoms with Crippen LogP contribution in [0.2, 0.25) is 0 Å². The molecule has 4 rings (SSSR count). The van der Waals surface area contributed by atoms with Gasteiger partial charge in [-0.2, -0.15) is 0 Å². The number of carbonyl (C=O) groups is 1. The first-order valence-corrected chi connectivity index (χ1v) is 9.47. The van der Waals surface area contributed by atoms with Gasteiger partial charge in [0.15, 0.2) is 11.5 Å². The summed E-state index contributed by atoms with van der Waals surface area (Å²) in [7, 11) is 0. The van der Waals surface area contributed by atoms with Crippen LogP contribution in [0.15, 0.2) is 18.2 Å². The zero-order valence-corrected chi connectivity index (χ0v) is 15.1. The summed E-state index contributed by atoms with van der Waals surface area (Å²) < 4.78 is 10.9. The van der Waals surface area contributed by atoms with E-state index in [1.165, 1.54) is 25.7 Å². The molecular formula is C20H28N2O3. The van der Waals surface area contributed by atoms with E-state index in [0.29, 0.717) is 18.5 Å². The van der Waals surface area contributed by atoms with Gasteiger partial charge in [-0.3, -0.25) is 4.79 Å². The van der Waals surface area contributed by atoms with Gasteiger partial charge in [-0.1, -0.05) is 32.8 Å². The normalized spacial score (nSPS) is 27.8. The molecule has 3 aliphatic rings. The van der Waals surface area contributed by atoms with Gasteiger partial charge in [0.1, 0.15) is 0 Å². The second-order valence-corrected chi connectivity index (χ2v) is 8.28. The topological polar surface area (TPSA) is 59.6 Å². The molecule has 1 aromatic rings. The number of amides is 1. The smallest absolute Gasteiger partial charge is 0.237 e. The van der Waals surface area contributed by atoms with Gasteiger partial charge in [0.2, 0.25) is 12.7 Å². The van der Waals surface area contributed by atoms with Crippen molar-refractivity contribution in [3.05, 3.63) is 23.8 Å². The number of benzene rings is 1. The Balaban J connectivity index is 1.36. The van der Waals surface area contributed by atoms with Crippen LogP contribution in [-0.2, 0) is 10.2 Å². The average molecular weight is 344 g/mol. The van der Waals surface area contributed by atoms with E-state index < -0.39 is 0 Å². The van der Waals surface area contributed by atoms with Crippen molar-refractivity contribution in [3.8, 4) is 11.5 Å². The summed E-state index contributed by atoms with van der Waals surface area (Å²) in [5.74, 6) is 2.41. The van der Waals surface area contributed by atoms with Gasteiger partial charge >= 0.3 is 0 Å². The zero-order valence-electron chi connectivity index (χ0n) is 15.1. The summed E-state index contributed by atoms with van der Waals surface area (Å²) in [6.45, 7) is 5.18. The molecule has 2 fully saturated rings. The van der Waals surface area contributed by atoms with Crippen molar-refractivity contribution in [2.75, 3.05) is 13.3 Å². The Morgan fingerprint density at radius 1 is 1.24 bits per heavy atom. The maximum Gasteiger partial charge on any atom is 0.237 e. The van der Waals surface area contributed by atoms with Crippen LogP contribution >= 0.6 is 0 Å². The van der Waals surface area contributed by atoms with Gasteiger partial charge in [0.05, 0.1) is 6.04 Å². The maximum absolute atomic E-state index is 12.6. The van der Waals surface area contributed by atoms with Crippen LogP contribution in [0.25, 0.3) is 0 Å². The van der Waals surface area contributed by atoms with Crippen LogP contribution < -0.4 is 20.1 Å². The minimum atomic E-state index is -0.165. The molecule has 3 unspecified atom stereocenters. The molecule has 0 radical (unpaired) electrons. The molecule has 0 spiro atoms. The third-order valence-corrected chi connectivity index (χ3v) is 6.04. The fourth-order valence-electron chi connectivity index (χ4n) is 4.37. The molecular weight excluding hydrogens is 316 g/mol. The molecule has 2 N–H and O–H groups in total. The van der Waals surface area contributed by atoms with E-state index in [1.54, 1.807) is 0 Å². The number of rotatable bonds is 4. The van der Waals surface area contributed by atoms with Crippen LogP contribution in [0.4, 0.5) is 0 Å². The lowest BCUT2D eigenvalue weighted by Crippen LogP contribution is -2.46. The number of carbonyl (C=O) groups excluding carboxylic acids is 1. The maximum atomic E-state index is 12.6. The Kier molecular flexibility index (Phi) is 4.36.